The van der Waals surface area contributed by atoms with Crippen LogP contribution in [0.25, 0.3) is 0 Å². The zero-order valence-electron chi connectivity index (χ0n) is 22.3. The molecule has 1 saturated carbocycles. The lowest BCUT2D eigenvalue weighted by molar-refractivity contribution is -0.757. The van der Waals surface area contributed by atoms with Crippen LogP contribution in [0.1, 0.15) is 103 Å². The molecule has 0 unspecified atom stereocenters. The lowest BCUT2D eigenvalue weighted by Gasteiger charge is -2.22. The normalized spacial score (nSPS) is 21.7. The van der Waals surface area contributed by atoms with Crippen LogP contribution < -0.4 is 0 Å². The first-order chi connectivity index (χ1) is 17.3. The van der Waals surface area contributed by atoms with Crippen molar-refractivity contribution in [3.8, 4) is 0 Å². The van der Waals surface area contributed by atoms with Crippen LogP contribution in [0.3, 0.4) is 0 Å². The largest absolute Gasteiger partial charge is 0.393 e. The molecule has 9 nitrogen and oxygen atoms in total. The third kappa shape index (κ3) is 13.9. The maximum absolute atomic E-state index is 12.3. The van der Waals surface area contributed by atoms with Gasteiger partial charge < -0.3 is 20.0 Å². The molecule has 0 aromatic carbocycles. The number of hydrogen-bond acceptors (Lipinski definition) is 7. The van der Waals surface area contributed by atoms with Gasteiger partial charge in [0.15, 0.2) is 0 Å². The summed E-state index contributed by atoms with van der Waals surface area (Å²) in [5, 5.41) is 30.1. The van der Waals surface area contributed by atoms with Gasteiger partial charge in [0.25, 0.3) is 5.09 Å². The van der Waals surface area contributed by atoms with Gasteiger partial charge in [-0.15, -0.1) is 10.1 Å². The third-order valence-electron chi connectivity index (χ3n) is 7.18. The number of nitrogens with zero attached hydrogens (tertiary/aromatic N) is 2. The fourth-order valence-electron chi connectivity index (χ4n) is 4.93. The van der Waals surface area contributed by atoms with Crippen molar-refractivity contribution >= 4 is 11.7 Å². The summed E-state index contributed by atoms with van der Waals surface area (Å²) in [5.41, 5.74) is 0. The van der Waals surface area contributed by atoms with E-state index in [2.05, 4.69) is 11.8 Å². The summed E-state index contributed by atoms with van der Waals surface area (Å²) in [7, 11) is 1.73. The number of amides is 1. The molecular weight excluding hydrogens is 464 g/mol. The minimum absolute atomic E-state index is 0.0411. The number of ketones is 1. The summed E-state index contributed by atoms with van der Waals surface area (Å²) in [6.07, 6.45) is 14.4. The van der Waals surface area contributed by atoms with Crippen LogP contribution in [0, 0.1) is 22.0 Å². The Morgan fingerprint density at radius 1 is 0.972 bits per heavy atom. The minimum atomic E-state index is -0.809. The summed E-state index contributed by atoms with van der Waals surface area (Å²) in [4.78, 5) is 40.5. The van der Waals surface area contributed by atoms with Gasteiger partial charge in [-0.25, -0.2) is 0 Å². The van der Waals surface area contributed by atoms with Crippen LogP contribution in [0.4, 0.5) is 0 Å². The van der Waals surface area contributed by atoms with Crippen molar-refractivity contribution in [3.05, 3.63) is 22.3 Å². The number of unbranched alkanes of at least 4 members (excludes halogenated alkanes) is 6. The second kappa shape index (κ2) is 19.2. The Labute approximate surface area is 216 Å². The molecule has 0 saturated heterocycles. The zero-order chi connectivity index (χ0) is 26.8. The molecular formula is C27H48N2O7. The second-order valence-corrected chi connectivity index (χ2v) is 10.1. The summed E-state index contributed by atoms with van der Waals surface area (Å²) >= 11 is 0. The van der Waals surface area contributed by atoms with Crippen LogP contribution in [0.5, 0.6) is 0 Å². The quantitative estimate of drug-likeness (QED) is 0.0993. The van der Waals surface area contributed by atoms with E-state index in [-0.39, 0.29) is 30.1 Å². The molecule has 1 amide bonds. The Morgan fingerprint density at radius 2 is 1.69 bits per heavy atom. The molecule has 0 radical (unpaired) electrons. The molecule has 0 aromatic heterocycles. The minimum Gasteiger partial charge on any atom is -0.393 e. The SMILES string of the molecule is CCCCCCCC(=O)CC[C@@H]1[C@@H](CC=CCCCC(=O)N(C)CCCCO[N+](=O)[O-])[C@@H](O)C[C@H]1O. The van der Waals surface area contributed by atoms with E-state index in [4.69, 9.17) is 0 Å². The number of carbonyl (C=O) groups is 2. The average Bonchev–Trinajstić information content (AvgIpc) is 3.10. The van der Waals surface area contributed by atoms with Crippen molar-refractivity contribution in [2.24, 2.45) is 11.8 Å². The van der Waals surface area contributed by atoms with Crippen LogP contribution in [-0.4, -0.2) is 64.3 Å². The predicted molar refractivity (Wildman–Crippen MR) is 139 cm³/mol. The van der Waals surface area contributed by atoms with Crippen LogP contribution in [-0.2, 0) is 14.4 Å². The highest BCUT2D eigenvalue weighted by Crippen LogP contribution is 2.38. The number of aliphatic hydroxyl groups is 2. The molecule has 0 aliphatic heterocycles. The van der Waals surface area contributed by atoms with Crippen molar-refractivity contribution in [2.45, 2.75) is 115 Å². The van der Waals surface area contributed by atoms with Crippen molar-refractivity contribution in [3.63, 3.8) is 0 Å². The number of allylic oxidation sites excluding steroid dienone is 2. The summed E-state index contributed by atoms with van der Waals surface area (Å²) in [5.74, 6) is 0.206. The van der Waals surface area contributed by atoms with E-state index in [1.807, 2.05) is 12.2 Å². The Bertz CT molecular complexity index is 671. The van der Waals surface area contributed by atoms with Crippen molar-refractivity contribution in [2.75, 3.05) is 20.2 Å². The Hall–Kier alpha value is -2.00. The maximum Gasteiger partial charge on any atom is 0.294 e. The van der Waals surface area contributed by atoms with Gasteiger partial charge in [0.2, 0.25) is 5.91 Å². The summed E-state index contributed by atoms with van der Waals surface area (Å²) in [6.45, 7) is 2.76. The van der Waals surface area contributed by atoms with Crippen molar-refractivity contribution in [1.29, 1.82) is 0 Å². The molecule has 1 aliphatic carbocycles. The van der Waals surface area contributed by atoms with E-state index in [9.17, 15) is 29.9 Å². The van der Waals surface area contributed by atoms with Gasteiger partial charge in [-0.3, -0.25) is 9.59 Å². The lowest BCUT2D eigenvalue weighted by atomic mass is 9.86. The van der Waals surface area contributed by atoms with E-state index in [0.29, 0.717) is 57.9 Å². The monoisotopic (exact) mass is 512 g/mol. The molecule has 1 aliphatic rings. The van der Waals surface area contributed by atoms with E-state index in [0.717, 1.165) is 25.7 Å². The first-order valence-electron chi connectivity index (χ1n) is 13.8. The van der Waals surface area contributed by atoms with E-state index < -0.39 is 17.3 Å². The topological polar surface area (TPSA) is 130 Å². The van der Waals surface area contributed by atoms with Gasteiger partial charge in [-0.05, 0) is 63.2 Å². The van der Waals surface area contributed by atoms with Gasteiger partial charge in [-0.2, -0.15) is 0 Å². The number of hydrogen-bond donors (Lipinski definition) is 2. The Balaban J connectivity index is 2.25. The Morgan fingerprint density at radius 3 is 2.42 bits per heavy atom. The first kappa shape index (κ1) is 32.0. The number of aliphatic hydroxyl groups excluding tert-OH is 2. The molecule has 1 fully saturated rings. The predicted octanol–water partition coefficient (Wildman–Crippen LogP) is 4.62. The average molecular weight is 513 g/mol. The highest BCUT2D eigenvalue weighted by atomic mass is 16.9. The van der Waals surface area contributed by atoms with Gasteiger partial charge in [-0.1, -0.05) is 44.8 Å². The zero-order valence-corrected chi connectivity index (χ0v) is 22.3. The molecule has 0 bridgehead atoms. The van der Waals surface area contributed by atoms with Gasteiger partial charge in [0.05, 0.1) is 18.8 Å². The van der Waals surface area contributed by atoms with Crippen LogP contribution in [0.2, 0.25) is 0 Å². The molecule has 36 heavy (non-hydrogen) atoms. The van der Waals surface area contributed by atoms with E-state index >= 15 is 0 Å². The standard InChI is InChI=1S/C27H48N2O7/c1-3-4-5-6-9-14-22(30)17-18-24-23(25(31)21-26(24)32)15-10-7-8-11-16-27(33)28(2)19-12-13-20-36-29(34)35/h7,10,23-26,31-32H,3-6,8-9,11-21H2,1-2H3/t23-,24-,25+,26-/m1/s1. The first-order valence-corrected chi connectivity index (χ1v) is 13.8. The molecule has 0 aromatic rings. The fraction of sp³-hybridized carbons (Fsp3) is 0.852. The smallest absolute Gasteiger partial charge is 0.294 e. The molecule has 9 heteroatoms. The molecule has 208 valence electrons. The second-order valence-electron chi connectivity index (χ2n) is 10.1. The summed E-state index contributed by atoms with van der Waals surface area (Å²) in [6, 6.07) is 0. The highest BCUT2D eigenvalue weighted by molar-refractivity contribution is 5.78. The third-order valence-corrected chi connectivity index (χ3v) is 7.18. The number of Topliss-reactive ketones (excluding diaryl/α,β-unsaturated/α-hetero) is 1. The van der Waals surface area contributed by atoms with Gasteiger partial charge in [0.1, 0.15) is 5.78 Å². The maximum atomic E-state index is 12.3. The van der Waals surface area contributed by atoms with E-state index in [1.165, 1.54) is 19.3 Å². The summed E-state index contributed by atoms with van der Waals surface area (Å²) < 4.78 is 0. The molecule has 2 N–H and O–H groups in total. The fourth-order valence-corrected chi connectivity index (χ4v) is 4.93. The van der Waals surface area contributed by atoms with Crippen molar-refractivity contribution < 1.29 is 29.7 Å². The Kier molecular flexibility index (Phi) is 17.0. The molecule has 1 rings (SSSR count). The number of carbonyl (C=O) groups excluding carboxylic acids is 2. The van der Waals surface area contributed by atoms with Crippen molar-refractivity contribution in [1.82, 2.24) is 4.90 Å². The van der Waals surface area contributed by atoms with Crippen LogP contribution >= 0.6 is 0 Å². The van der Waals surface area contributed by atoms with Crippen LogP contribution in [0.15, 0.2) is 12.2 Å². The molecule has 4 atom stereocenters. The number of rotatable bonds is 21. The molecule has 0 spiro atoms. The highest BCUT2D eigenvalue weighted by Gasteiger charge is 2.40. The lowest BCUT2D eigenvalue weighted by Crippen LogP contribution is -2.27. The molecule has 0 heterocycles. The van der Waals surface area contributed by atoms with Gasteiger partial charge in [0, 0.05) is 32.9 Å². The van der Waals surface area contributed by atoms with E-state index in [1.54, 1.807) is 11.9 Å². The van der Waals surface area contributed by atoms with Gasteiger partial charge >= 0.3 is 0 Å².